The van der Waals surface area contributed by atoms with Gasteiger partial charge in [0, 0.05) is 25.3 Å². The maximum Gasteiger partial charge on any atom is 0.140 e. The molecule has 0 fully saturated rings. The molecule has 90 valence electrons. The van der Waals surface area contributed by atoms with Crippen LogP contribution in [-0.4, -0.2) is 36.1 Å². The highest BCUT2D eigenvalue weighted by molar-refractivity contribution is 9.10. The van der Waals surface area contributed by atoms with Gasteiger partial charge in [0.15, 0.2) is 0 Å². The number of rotatable bonds is 5. The van der Waals surface area contributed by atoms with E-state index in [9.17, 15) is 0 Å². The van der Waals surface area contributed by atoms with Crippen LogP contribution in [0, 0.1) is 6.92 Å². The molecule has 0 radical (unpaired) electrons. The molecule has 1 aromatic rings. The minimum Gasteiger partial charge on any atom is -0.368 e. The zero-order valence-electron chi connectivity index (χ0n) is 10.4. The molecule has 1 rings (SSSR count). The van der Waals surface area contributed by atoms with Gasteiger partial charge >= 0.3 is 0 Å². The molecular weight excluding hydrogens is 266 g/mol. The first kappa shape index (κ1) is 13.5. The Labute approximate surface area is 106 Å². The van der Waals surface area contributed by atoms with Gasteiger partial charge in [-0.3, -0.25) is 0 Å². The number of hydrogen-bond donors (Lipinski definition) is 1. The van der Waals surface area contributed by atoms with E-state index in [1.807, 2.05) is 13.1 Å². The van der Waals surface area contributed by atoms with Crippen molar-refractivity contribution < 1.29 is 0 Å². The van der Waals surface area contributed by atoms with Crippen molar-refractivity contribution in [2.24, 2.45) is 0 Å². The Morgan fingerprint density at radius 3 is 2.75 bits per heavy atom. The summed E-state index contributed by atoms with van der Waals surface area (Å²) in [7, 11) is 2.13. The molecule has 0 spiro atoms. The summed E-state index contributed by atoms with van der Waals surface area (Å²) in [6.07, 6.45) is 1.87. The number of anilines is 1. The van der Waals surface area contributed by atoms with Crippen LogP contribution in [0.1, 0.15) is 19.4 Å². The topological polar surface area (TPSA) is 28.2 Å². The van der Waals surface area contributed by atoms with Crippen LogP contribution >= 0.6 is 15.9 Å². The van der Waals surface area contributed by atoms with E-state index in [4.69, 9.17) is 0 Å². The van der Waals surface area contributed by atoms with E-state index < -0.39 is 0 Å². The van der Waals surface area contributed by atoms with Gasteiger partial charge in [0.1, 0.15) is 5.82 Å². The summed E-state index contributed by atoms with van der Waals surface area (Å²) in [6, 6.07) is 2.65. The first-order valence-corrected chi connectivity index (χ1v) is 6.36. The average Bonchev–Trinajstić information content (AvgIpc) is 2.20. The van der Waals surface area contributed by atoms with Gasteiger partial charge in [-0.05, 0) is 55.4 Å². The van der Waals surface area contributed by atoms with Crippen molar-refractivity contribution in [3.8, 4) is 0 Å². The van der Waals surface area contributed by atoms with Gasteiger partial charge < -0.3 is 10.2 Å². The molecule has 0 aliphatic rings. The monoisotopic (exact) mass is 285 g/mol. The normalized spacial score (nSPS) is 11.2. The quantitative estimate of drug-likeness (QED) is 0.902. The Hall–Kier alpha value is -0.610. The van der Waals surface area contributed by atoms with E-state index >= 15 is 0 Å². The Kier molecular flexibility index (Phi) is 5.22. The summed E-state index contributed by atoms with van der Waals surface area (Å²) in [5, 5.41) is 3.33. The summed E-state index contributed by atoms with van der Waals surface area (Å²) < 4.78 is 1.03. The van der Waals surface area contributed by atoms with Crippen LogP contribution in [0.25, 0.3) is 0 Å². The van der Waals surface area contributed by atoms with E-state index in [1.165, 1.54) is 0 Å². The molecule has 0 aromatic carbocycles. The molecule has 1 aromatic heterocycles. The smallest absolute Gasteiger partial charge is 0.140 e. The second kappa shape index (κ2) is 6.21. The molecular formula is C12H20BrN3. The van der Waals surface area contributed by atoms with Gasteiger partial charge in [-0.2, -0.15) is 0 Å². The summed E-state index contributed by atoms with van der Waals surface area (Å²) in [4.78, 5) is 6.64. The summed E-state index contributed by atoms with van der Waals surface area (Å²) in [5.41, 5.74) is 1.16. The summed E-state index contributed by atoms with van der Waals surface area (Å²) in [5.74, 6) is 0.919. The van der Waals surface area contributed by atoms with E-state index in [0.29, 0.717) is 6.04 Å². The lowest BCUT2D eigenvalue weighted by molar-refractivity contribution is 0.284. The van der Waals surface area contributed by atoms with E-state index in [0.717, 1.165) is 28.9 Å². The van der Waals surface area contributed by atoms with E-state index in [2.05, 4.69) is 58.1 Å². The third-order valence-corrected chi connectivity index (χ3v) is 3.22. The number of nitrogens with zero attached hydrogens (tertiary/aromatic N) is 2. The Balaban J connectivity index is 2.43. The Morgan fingerprint density at radius 2 is 2.19 bits per heavy atom. The third kappa shape index (κ3) is 4.10. The molecule has 1 N–H and O–H groups in total. The van der Waals surface area contributed by atoms with Crippen molar-refractivity contribution in [3.63, 3.8) is 0 Å². The van der Waals surface area contributed by atoms with Crippen LogP contribution in [0.15, 0.2) is 16.7 Å². The minimum atomic E-state index is 0.580. The predicted molar refractivity (Wildman–Crippen MR) is 72.9 cm³/mol. The van der Waals surface area contributed by atoms with Gasteiger partial charge in [0.25, 0.3) is 0 Å². The molecule has 0 aliphatic heterocycles. The first-order valence-electron chi connectivity index (χ1n) is 5.57. The zero-order chi connectivity index (χ0) is 12.1. The molecule has 0 saturated heterocycles. The fourth-order valence-corrected chi connectivity index (χ4v) is 1.88. The van der Waals surface area contributed by atoms with Crippen molar-refractivity contribution in [2.75, 3.05) is 25.5 Å². The Bertz CT molecular complexity index is 339. The molecule has 0 aliphatic carbocycles. The number of nitrogens with one attached hydrogen (secondary N) is 1. The molecule has 0 unspecified atom stereocenters. The molecule has 1 heterocycles. The van der Waals surface area contributed by atoms with Crippen LogP contribution in [-0.2, 0) is 0 Å². The van der Waals surface area contributed by atoms with Crippen LogP contribution < -0.4 is 5.32 Å². The fraction of sp³-hybridized carbons (Fsp3) is 0.583. The molecule has 4 heteroatoms. The second-order valence-electron chi connectivity index (χ2n) is 4.34. The van der Waals surface area contributed by atoms with Gasteiger partial charge in [0.2, 0.25) is 0 Å². The van der Waals surface area contributed by atoms with Crippen molar-refractivity contribution in [1.29, 1.82) is 0 Å². The lowest BCUT2D eigenvalue weighted by atomic mass is 10.3. The van der Waals surface area contributed by atoms with Gasteiger partial charge in [-0.15, -0.1) is 0 Å². The Morgan fingerprint density at radius 1 is 1.50 bits per heavy atom. The lowest BCUT2D eigenvalue weighted by Crippen LogP contribution is -2.31. The standard InChI is InChI=1S/C12H20BrN3/c1-9(2)16(4)6-5-14-12-11(13)7-10(3)8-15-12/h7-9H,5-6H2,1-4H3,(H,14,15). The molecule has 0 saturated carbocycles. The summed E-state index contributed by atoms with van der Waals surface area (Å²) >= 11 is 3.50. The van der Waals surface area contributed by atoms with Gasteiger partial charge in [0.05, 0.1) is 4.47 Å². The maximum atomic E-state index is 4.34. The highest BCUT2D eigenvalue weighted by Gasteiger charge is 2.04. The van der Waals surface area contributed by atoms with Crippen molar-refractivity contribution in [2.45, 2.75) is 26.8 Å². The van der Waals surface area contributed by atoms with Crippen LogP contribution in [0.3, 0.4) is 0 Å². The molecule has 16 heavy (non-hydrogen) atoms. The van der Waals surface area contributed by atoms with Crippen molar-refractivity contribution >= 4 is 21.7 Å². The highest BCUT2D eigenvalue weighted by Crippen LogP contribution is 2.19. The predicted octanol–water partition coefficient (Wildman–Crippen LogP) is 2.90. The average molecular weight is 286 g/mol. The van der Waals surface area contributed by atoms with E-state index in [-0.39, 0.29) is 0 Å². The van der Waals surface area contributed by atoms with Gasteiger partial charge in [-0.1, -0.05) is 0 Å². The summed E-state index contributed by atoms with van der Waals surface area (Å²) in [6.45, 7) is 8.34. The fourth-order valence-electron chi connectivity index (χ4n) is 1.27. The highest BCUT2D eigenvalue weighted by atomic mass is 79.9. The number of halogens is 1. The van der Waals surface area contributed by atoms with Crippen LogP contribution in [0.2, 0.25) is 0 Å². The third-order valence-electron chi connectivity index (χ3n) is 2.62. The van der Waals surface area contributed by atoms with Crippen molar-refractivity contribution in [3.05, 3.63) is 22.3 Å². The SMILES string of the molecule is Cc1cnc(NCCN(C)C(C)C)c(Br)c1. The maximum absolute atomic E-state index is 4.34. The molecule has 0 amide bonds. The first-order chi connectivity index (χ1) is 7.50. The molecule has 3 nitrogen and oxygen atoms in total. The van der Waals surface area contributed by atoms with E-state index in [1.54, 1.807) is 0 Å². The number of pyridine rings is 1. The van der Waals surface area contributed by atoms with Gasteiger partial charge in [-0.25, -0.2) is 4.98 Å². The molecule has 0 bridgehead atoms. The van der Waals surface area contributed by atoms with Crippen LogP contribution in [0.5, 0.6) is 0 Å². The second-order valence-corrected chi connectivity index (χ2v) is 5.20. The number of hydrogen-bond acceptors (Lipinski definition) is 3. The number of aryl methyl sites for hydroxylation is 1. The number of aromatic nitrogens is 1. The number of likely N-dealkylation sites (N-methyl/N-ethyl adjacent to an activating group) is 1. The minimum absolute atomic E-state index is 0.580. The van der Waals surface area contributed by atoms with Crippen LogP contribution in [0.4, 0.5) is 5.82 Å². The molecule has 0 atom stereocenters. The lowest BCUT2D eigenvalue weighted by Gasteiger charge is -2.21. The largest absolute Gasteiger partial charge is 0.368 e. The zero-order valence-corrected chi connectivity index (χ0v) is 12.0. The van der Waals surface area contributed by atoms with Crippen molar-refractivity contribution in [1.82, 2.24) is 9.88 Å².